The van der Waals surface area contributed by atoms with Crippen LogP contribution in [0.4, 0.5) is 46.3 Å². The summed E-state index contributed by atoms with van der Waals surface area (Å²) in [7, 11) is -5.78. The largest absolute Gasteiger partial charge is 0.382 e. The van der Waals surface area contributed by atoms with Gasteiger partial charge in [0.2, 0.25) is 5.95 Å². The second kappa shape index (κ2) is 16.9. The van der Waals surface area contributed by atoms with Crippen LogP contribution >= 0.6 is 0 Å². The lowest BCUT2D eigenvalue weighted by Crippen LogP contribution is -2.20. The number of hydrogen-bond acceptors (Lipinski definition) is 19. The van der Waals surface area contributed by atoms with E-state index < -0.39 is 40.9 Å². The summed E-state index contributed by atoms with van der Waals surface area (Å²) in [5.74, 6) is -0.405. The predicted octanol–water partition coefficient (Wildman–Crippen LogP) is 6.19. The van der Waals surface area contributed by atoms with Gasteiger partial charge in [0.1, 0.15) is 11.6 Å². The maximum absolute atomic E-state index is 11.9. The lowest BCUT2D eigenvalue weighted by molar-refractivity contribution is 0.481. The van der Waals surface area contributed by atoms with Crippen LogP contribution in [0, 0.1) is 17.9 Å². The van der Waals surface area contributed by atoms with E-state index in [0.717, 1.165) is 12.1 Å². The van der Waals surface area contributed by atoms with Crippen molar-refractivity contribution in [3.8, 4) is 29.3 Å². The first kappa shape index (κ1) is 46.7. The second-order valence-corrected chi connectivity index (χ2v) is 19.6. The van der Waals surface area contributed by atoms with Crippen LogP contribution in [0.1, 0.15) is 58.5 Å². The number of rotatable bonds is 11. The van der Waals surface area contributed by atoms with Crippen molar-refractivity contribution in [2.75, 3.05) is 30.5 Å². The van der Waals surface area contributed by atoms with Gasteiger partial charge >= 0.3 is 0 Å². The van der Waals surface area contributed by atoms with E-state index in [-0.39, 0.29) is 75.1 Å². The van der Waals surface area contributed by atoms with Crippen molar-refractivity contribution < 1.29 is 25.9 Å². The van der Waals surface area contributed by atoms with Gasteiger partial charge in [-0.3, -0.25) is 9.11 Å². The third-order valence-corrected chi connectivity index (χ3v) is 11.2. The molecule has 344 valence electrons. The zero-order valence-electron chi connectivity index (χ0n) is 36.8. The molecule has 28 heteroatoms. The van der Waals surface area contributed by atoms with Crippen LogP contribution in [0.3, 0.4) is 0 Å². The molecular formula is C39H40N20O6S2. The summed E-state index contributed by atoms with van der Waals surface area (Å²) in [6.07, 6.45) is 2.44. The molecule has 0 bridgehead atoms. The molecule has 0 aliphatic rings. The molecule has 0 aliphatic carbocycles. The molecule has 0 saturated heterocycles. The third-order valence-electron chi connectivity index (χ3n) is 9.51. The van der Waals surface area contributed by atoms with Crippen LogP contribution in [0.2, 0.25) is 0 Å². The molecule has 0 radical (unpaired) electrons. The van der Waals surface area contributed by atoms with Gasteiger partial charge in [-0.25, -0.2) is 14.2 Å². The second-order valence-electron chi connectivity index (χ2n) is 16.7. The molecule has 0 unspecified atom stereocenters. The van der Waals surface area contributed by atoms with E-state index >= 15 is 0 Å². The number of anilines is 3. The summed E-state index contributed by atoms with van der Waals surface area (Å²) in [5.41, 5.74) is 13.2. The number of aromatic nitrogens is 11. The van der Waals surface area contributed by atoms with Crippen molar-refractivity contribution in [2.24, 2.45) is 20.5 Å². The Morgan fingerprint density at radius 3 is 1.57 bits per heavy atom. The normalized spacial score (nSPS) is 12.5. The molecule has 5 heterocycles. The van der Waals surface area contributed by atoms with E-state index in [2.05, 4.69) is 50.5 Å². The summed E-state index contributed by atoms with van der Waals surface area (Å²) >= 11 is 0. The lowest BCUT2D eigenvalue weighted by Gasteiger charge is -2.16. The summed E-state index contributed by atoms with van der Waals surface area (Å²) in [6, 6.07) is 12.4. The Morgan fingerprint density at radius 2 is 1.15 bits per heavy atom. The van der Waals surface area contributed by atoms with Crippen molar-refractivity contribution in [2.45, 2.75) is 62.2 Å². The molecule has 0 amide bonds. The van der Waals surface area contributed by atoms with Gasteiger partial charge in [0.25, 0.3) is 37.8 Å². The van der Waals surface area contributed by atoms with E-state index in [4.69, 9.17) is 28.2 Å². The Kier molecular flexibility index (Phi) is 11.8. The molecule has 26 nitrogen and oxygen atoms in total. The number of hydrogen-bond donors (Lipinski definition) is 4. The van der Waals surface area contributed by atoms with Crippen LogP contribution in [-0.4, -0.2) is 94.1 Å². The van der Waals surface area contributed by atoms with E-state index in [9.17, 15) is 31.2 Å². The monoisotopic (exact) mass is 948 g/mol. The molecule has 0 aliphatic heterocycles. The molecule has 0 saturated carbocycles. The number of nitrogens with two attached hydrogens (primary N) is 2. The van der Waals surface area contributed by atoms with Crippen molar-refractivity contribution in [1.29, 1.82) is 5.26 Å². The van der Waals surface area contributed by atoms with Crippen molar-refractivity contribution in [3.63, 3.8) is 0 Å². The lowest BCUT2D eigenvalue weighted by atomic mass is 9.91. The molecule has 0 fully saturated rings. The van der Waals surface area contributed by atoms with Gasteiger partial charge in [0.15, 0.2) is 34.6 Å². The van der Waals surface area contributed by atoms with Gasteiger partial charge in [-0.05, 0) is 36.4 Å². The highest BCUT2D eigenvalue weighted by Gasteiger charge is 2.31. The summed E-state index contributed by atoms with van der Waals surface area (Å²) in [4.78, 5) is 18.2. The zero-order valence-corrected chi connectivity index (χ0v) is 38.5. The van der Waals surface area contributed by atoms with Crippen LogP contribution in [0.15, 0.2) is 91.2 Å². The predicted molar refractivity (Wildman–Crippen MR) is 241 cm³/mol. The Hall–Kier alpha value is -8.31. The number of nitriles is 1. The van der Waals surface area contributed by atoms with E-state index in [0.29, 0.717) is 11.4 Å². The van der Waals surface area contributed by atoms with Gasteiger partial charge in [0, 0.05) is 24.9 Å². The minimum Gasteiger partial charge on any atom is -0.382 e. The Balaban J connectivity index is 1.35. The Bertz CT molecular complexity index is 3260. The van der Waals surface area contributed by atoms with Gasteiger partial charge < -0.3 is 16.4 Å². The Morgan fingerprint density at radius 1 is 0.701 bits per heavy atom. The highest BCUT2D eigenvalue weighted by atomic mass is 32.2. The molecule has 67 heavy (non-hydrogen) atoms. The van der Waals surface area contributed by atoms with Crippen molar-refractivity contribution in [3.05, 3.63) is 89.3 Å². The van der Waals surface area contributed by atoms with Gasteiger partial charge in [-0.2, -0.15) is 66.8 Å². The number of nitrogens with zero attached hydrogens (tertiary/aromatic N) is 18. The molecule has 2 aromatic carbocycles. The smallest absolute Gasteiger partial charge is 0.294 e. The quantitative estimate of drug-likeness (QED) is 0.0638. The van der Waals surface area contributed by atoms with Gasteiger partial charge in [-0.1, -0.05) is 53.7 Å². The van der Waals surface area contributed by atoms with E-state index in [1.54, 1.807) is 19.0 Å². The standard InChI is InChI=1S/C39H40N20O6S2/c1-38(2,3)29-27(49-51-33-21(18-40)19-44-56(33)22-12-10-14-24(16-22)66(60,61)62)31(41)58(53-29)36-46-35(55(8)9)47-37(48-36)59-32(42)28(30(54-59)39(4,5)6)50-52-34-26(43-7)20-45-57(34)23-13-11-15-25(17-23)67(63,64)65/h10-17,19-20H,41-42H2,1-6,8-9H3,(H,60,61,62)(H,63,64,65). The summed E-state index contributed by atoms with van der Waals surface area (Å²) in [6.45, 7) is 18.9. The zero-order chi connectivity index (χ0) is 49.0. The maximum Gasteiger partial charge on any atom is 0.294 e. The number of nitrogen functional groups attached to an aromatic ring is 2. The maximum atomic E-state index is 11.9. The SMILES string of the molecule is [C-]#[N+]c1cnn(-c2cccc(S(=O)(=O)O)c2)c1N=Nc1c(C(C)(C)C)nn(-c2nc(N(C)C)nc(-n3nc(C(C)(C)C)c(N=Nc4c(C#N)cnn4-c4cccc(S(=O)(=O)O)c4)c3N)n2)c1N. The minimum absolute atomic E-state index is 0.0183. The first-order valence-corrected chi connectivity index (χ1v) is 22.3. The van der Waals surface area contributed by atoms with Crippen LogP contribution < -0.4 is 16.4 Å². The average molecular weight is 949 g/mol. The first-order valence-electron chi connectivity index (χ1n) is 19.5. The first-order chi connectivity index (χ1) is 31.3. The fraction of sp³-hybridized carbons (Fsp3) is 0.256. The summed E-state index contributed by atoms with van der Waals surface area (Å²) in [5, 5.41) is 45.5. The van der Waals surface area contributed by atoms with Crippen molar-refractivity contribution >= 4 is 66.5 Å². The molecule has 7 aromatic rings. The third kappa shape index (κ3) is 9.17. The molecule has 5 aromatic heterocycles. The molecule has 0 spiro atoms. The Labute approximate surface area is 382 Å². The molecule has 0 atom stereocenters. The number of azo groups is 2. The minimum atomic E-state index is -4.58. The highest BCUT2D eigenvalue weighted by Crippen LogP contribution is 2.41. The number of benzene rings is 2. The van der Waals surface area contributed by atoms with E-state index in [1.807, 2.05) is 47.6 Å². The average Bonchev–Trinajstić information content (AvgIpc) is 4.03. The van der Waals surface area contributed by atoms with E-state index in [1.165, 1.54) is 67.5 Å². The van der Waals surface area contributed by atoms with Crippen LogP contribution in [-0.2, 0) is 31.1 Å². The fourth-order valence-corrected chi connectivity index (χ4v) is 7.28. The molecule has 7 rings (SSSR count). The highest BCUT2D eigenvalue weighted by molar-refractivity contribution is 7.86. The molecule has 6 N–H and O–H groups in total. The summed E-state index contributed by atoms with van der Waals surface area (Å²) < 4.78 is 71.7. The topological polar surface area (TPSA) is 352 Å². The van der Waals surface area contributed by atoms with Gasteiger partial charge in [-0.15, -0.1) is 20.5 Å². The van der Waals surface area contributed by atoms with Gasteiger partial charge in [0.05, 0.1) is 51.5 Å². The van der Waals surface area contributed by atoms with Crippen molar-refractivity contribution in [1.82, 2.24) is 54.1 Å². The van der Waals surface area contributed by atoms with Crippen LogP contribution in [0.5, 0.6) is 0 Å². The fourth-order valence-electron chi connectivity index (χ4n) is 6.24. The molecular weight excluding hydrogens is 909 g/mol. The van der Waals surface area contributed by atoms with Crippen LogP contribution in [0.25, 0.3) is 28.1 Å².